The van der Waals surface area contributed by atoms with Gasteiger partial charge in [-0.2, -0.15) is 18.3 Å². The van der Waals surface area contributed by atoms with Crippen LogP contribution in [0, 0.1) is 0 Å². The highest BCUT2D eigenvalue weighted by molar-refractivity contribution is 5.79. The minimum atomic E-state index is -4.37. The third kappa shape index (κ3) is 3.66. The third-order valence-electron chi connectivity index (χ3n) is 3.68. The van der Waals surface area contributed by atoms with E-state index in [4.69, 9.17) is 0 Å². The predicted molar refractivity (Wildman–Crippen MR) is 73.1 cm³/mol. The van der Waals surface area contributed by atoms with Crippen LogP contribution >= 0.6 is 0 Å². The lowest BCUT2D eigenvalue weighted by atomic mass is 10.1. The van der Waals surface area contributed by atoms with E-state index in [0.29, 0.717) is 13.1 Å². The molecular weight excluding hydrogens is 311 g/mol. The maximum Gasteiger partial charge on any atom is 0.408 e. The number of nitrogens with zero attached hydrogens (tertiary/aromatic N) is 5. The van der Waals surface area contributed by atoms with Crippen LogP contribution in [-0.4, -0.2) is 43.3 Å². The molecular formula is C14H14F3N5O. The molecule has 1 aliphatic heterocycles. The number of pyridine rings is 1. The highest BCUT2D eigenvalue weighted by atomic mass is 19.4. The summed E-state index contributed by atoms with van der Waals surface area (Å²) in [6.07, 6.45) is 0.126. The van der Waals surface area contributed by atoms with Crippen LogP contribution in [0.2, 0.25) is 0 Å². The van der Waals surface area contributed by atoms with E-state index >= 15 is 0 Å². The SMILES string of the molecule is O=C1CC(c2ncnn2CC(F)(F)F)CN1Cc1ccncc1. The van der Waals surface area contributed by atoms with Gasteiger partial charge in [0.25, 0.3) is 0 Å². The van der Waals surface area contributed by atoms with E-state index in [1.807, 2.05) is 0 Å². The van der Waals surface area contributed by atoms with Crippen LogP contribution in [0.25, 0.3) is 0 Å². The van der Waals surface area contributed by atoms with E-state index in [1.165, 1.54) is 0 Å². The van der Waals surface area contributed by atoms with Gasteiger partial charge in [0.15, 0.2) is 0 Å². The van der Waals surface area contributed by atoms with Crippen LogP contribution in [0.1, 0.15) is 23.7 Å². The number of alkyl halides is 3. The van der Waals surface area contributed by atoms with Crippen molar-refractivity contribution in [3.8, 4) is 0 Å². The summed E-state index contributed by atoms with van der Waals surface area (Å²) in [6.45, 7) is -0.458. The number of hydrogen-bond acceptors (Lipinski definition) is 4. The summed E-state index contributed by atoms with van der Waals surface area (Å²) in [7, 11) is 0. The molecule has 23 heavy (non-hydrogen) atoms. The van der Waals surface area contributed by atoms with Crippen LogP contribution in [0.15, 0.2) is 30.9 Å². The number of rotatable bonds is 4. The topological polar surface area (TPSA) is 63.9 Å². The number of amides is 1. The second-order valence-electron chi connectivity index (χ2n) is 5.42. The Morgan fingerprint density at radius 1 is 1.26 bits per heavy atom. The first-order valence-electron chi connectivity index (χ1n) is 7.03. The van der Waals surface area contributed by atoms with Crippen LogP contribution in [-0.2, 0) is 17.9 Å². The Balaban J connectivity index is 1.72. The van der Waals surface area contributed by atoms with Gasteiger partial charge in [-0.15, -0.1) is 0 Å². The van der Waals surface area contributed by atoms with Crippen molar-refractivity contribution in [1.29, 1.82) is 0 Å². The maximum absolute atomic E-state index is 12.6. The minimum absolute atomic E-state index is 0.103. The average Bonchev–Trinajstić information content (AvgIpc) is 3.06. The van der Waals surface area contributed by atoms with E-state index in [1.54, 1.807) is 29.4 Å². The Morgan fingerprint density at radius 3 is 2.70 bits per heavy atom. The zero-order valence-electron chi connectivity index (χ0n) is 12.1. The third-order valence-corrected chi connectivity index (χ3v) is 3.68. The molecule has 9 heteroatoms. The van der Waals surface area contributed by atoms with E-state index in [9.17, 15) is 18.0 Å². The van der Waals surface area contributed by atoms with Gasteiger partial charge >= 0.3 is 6.18 Å². The molecule has 0 N–H and O–H groups in total. The molecule has 3 heterocycles. The van der Waals surface area contributed by atoms with E-state index in [-0.39, 0.29) is 24.1 Å². The van der Waals surface area contributed by atoms with Gasteiger partial charge in [-0.1, -0.05) is 0 Å². The summed E-state index contributed by atoms with van der Waals surface area (Å²) in [5.74, 6) is -0.282. The van der Waals surface area contributed by atoms with Crippen LogP contribution in [0.3, 0.4) is 0 Å². The van der Waals surface area contributed by atoms with E-state index in [2.05, 4.69) is 15.1 Å². The van der Waals surface area contributed by atoms with Crippen LogP contribution in [0.4, 0.5) is 13.2 Å². The van der Waals surface area contributed by atoms with E-state index < -0.39 is 12.7 Å². The summed E-state index contributed by atoms with van der Waals surface area (Å²) in [4.78, 5) is 21.6. The quantitative estimate of drug-likeness (QED) is 0.859. The Bertz CT molecular complexity index is 685. The normalized spacial score (nSPS) is 18.7. The van der Waals surface area contributed by atoms with Crippen molar-refractivity contribution in [2.45, 2.75) is 31.6 Å². The van der Waals surface area contributed by atoms with Gasteiger partial charge in [-0.25, -0.2) is 9.67 Å². The van der Waals surface area contributed by atoms with E-state index in [0.717, 1.165) is 16.6 Å². The van der Waals surface area contributed by atoms with Gasteiger partial charge in [0.05, 0.1) is 0 Å². The fourth-order valence-electron chi connectivity index (χ4n) is 2.69. The highest BCUT2D eigenvalue weighted by Gasteiger charge is 2.36. The zero-order valence-corrected chi connectivity index (χ0v) is 12.1. The highest BCUT2D eigenvalue weighted by Crippen LogP contribution is 2.29. The number of aromatic nitrogens is 4. The van der Waals surface area contributed by atoms with Crippen LogP contribution in [0.5, 0.6) is 0 Å². The number of hydrogen-bond donors (Lipinski definition) is 0. The maximum atomic E-state index is 12.6. The molecule has 0 saturated carbocycles. The van der Waals surface area contributed by atoms with Crippen molar-refractivity contribution in [2.24, 2.45) is 0 Å². The predicted octanol–water partition coefficient (Wildman–Crippen LogP) is 1.75. The molecule has 1 saturated heterocycles. The second-order valence-corrected chi connectivity index (χ2v) is 5.42. The fraction of sp³-hybridized carbons (Fsp3) is 0.429. The smallest absolute Gasteiger partial charge is 0.338 e. The number of carbonyl (C=O) groups is 1. The zero-order chi connectivity index (χ0) is 16.4. The lowest BCUT2D eigenvalue weighted by Gasteiger charge is -2.17. The lowest BCUT2D eigenvalue weighted by Crippen LogP contribution is -2.25. The Hall–Kier alpha value is -2.45. The molecule has 122 valence electrons. The average molecular weight is 325 g/mol. The molecule has 6 nitrogen and oxygen atoms in total. The molecule has 0 radical (unpaired) electrons. The summed E-state index contributed by atoms with van der Waals surface area (Å²) < 4.78 is 38.5. The number of carbonyl (C=O) groups excluding carboxylic acids is 1. The molecule has 2 aromatic rings. The lowest BCUT2D eigenvalue weighted by molar-refractivity contribution is -0.143. The van der Waals surface area contributed by atoms with Gasteiger partial charge < -0.3 is 4.90 Å². The molecule has 1 unspecified atom stereocenters. The Morgan fingerprint density at radius 2 is 2.00 bits per heavy atom. The van der Waals surface area contributed by atoms with Crippen molar-refractivity contribution in [3.05, 3.63) is 42.2 Å². The standard InChI is InChI=1S/C14H14F3N5O/c15-14(16,17)8-22-13(19-9-20-22)11-5-12(23)21(7-11)6-10-1-3-18-4-2-10/h1-4,9,11H,5-8H2. The Labute approximate surface area is 130 Å². The summed E-state index contributed by atoms with van der Waals surface area (Å²) in [5.41, 5.74) is 0.922. The van der Waals surface area contributed by atoms with Crippen molar-refractivity contribution < 1.29 is 18.0 Å². The monoisotopic (exact) mass is 325 g/mol. The summed E-state index contributed by atoms with van der Waals surface area (Å²) >= 11 is 0. The molecule has 0 spiro atoms. The number of halogens is 3. The molecule has 0 aliphatic carbocycles. The summed E-state index contributed by atoms with van der Waals surface area (Å²) in [5, 5.41) is 3.63. The molecule has 1 amide bonds. The van der Waals surface area contributed by atoms with Gasteiger partial charge in [-0.05, 0) is 17.7 Å². The van der Waals surface area contributed by atoms with Crippen molar-refractivity contribution >= 4 is 5.91 Å². The minimum Gasteiger partial charge on any atom is -0.338 e. The molecule has 3 rings (SSSR count). The van der Waals surface area contributed by atoms with Crippen molar-refractivity contribution in [2.75, 3.05) is 6.54 Å². The van der Waals surface area contributed by atoms with Gasteiger partial charge in [-0.3, -0.25) is 9.78 Å². The Kier molecular flexibility index (Phi) is 4.01. The van der Waals surface area contributed by atoms with Gasteiger partial charge in [0, 0.05) is 37.8 Å². The van der Waals surface area contributed by atoms with Crippen molar-refractivity contribution in [3.63, 3.8) is 0 Å². The second kappa shape index (κ2) is 5.98. The largest absolute Gasteiger partial charge is 0.408 e. The molecule has 0 aromatic carbocycles. The first-order chi connectivity index (χ1) is 10.9. The molecule has 1 atom stereocenters. The molecule has 2 aromatic heterocycles. The van der Waals surface area contributed by atoms with Crippen LogP contribution < -0.4 is 0 Å². The molecule has 1 aliphatic rings. The summed E-state index contributed by atoms with van der Waals surface area (Å²) in [6, 6.07) is 3.60. The first-order valence-corrected chi connectivity index (χ1v) is 7.03. The number of likely N-dealkylation sites (tertiary alicyclic amines) is 1. The van der Waals surface area contributed by atoms with Crippen molar-refractivity contribution in [1.82, 2.24) is 24.6 Å². The fourth-order valence-corrected chi connectivity index (χ4v) is 2.69. The van der Waals surface area contributed by atoms with Gasteiger partial charge in [0.1, 0.15) is 18.7 Å². The van der Waals surface area contributed by atoms with Gasteiger partial charge in [0.2, 0.25) is 5.91 Å². The molecule has 0 bridgehead atoms. The molecule has 1 fully saturated rings. The first kappa shape index (κ1) is 15.4.